The molecule has 3 heterocycles. The Morgan fingerprint density at radius 2 is 2.03 bits per heavy atom. The molecule has 2 aromatic heterocycles. The number of anilines is 5. The summed E-state index contributed by atoms with van der Waals surface area (Å²) in [5.74, 6) is 0.459. The summed E-state index contributed by atoms with van der Waals surface area (Å²) in [4.78, 5) is 22.9. The number of morpholine rings is 1. The minimum Gasteiger partial charge on any atom is -0.506 e. The molecular weight excluding hydrogens is 404 g/mol. The zero-order valence-corrected chi connectivity index (χ0v) is 17.2. The van der Waals surface area contributed by atoms with E-state index in [0.717, 1.165) is 24.3 Å². The molecule has 9 nitrogen and oxygen atoms in total. The van der Waals surface area contributed by atoms with Gasteiger partial charge in [0.15, 0.2) is 0 Å². The van der Waals surface area contributed by atoms with Crippen LogP contribution in [0.2, 0.25) is 0 Å². The van der Waals surface area contributed by atoms with Gasteiger partial charge in [0.25, 0.3) is 5.91 Å². The molecule has 10 heteroatoms. The van der Waals surface area contributed by atoms with Crippen LogP contribution in [0.15, 0.2) is 35.8 Å². The lowest BCUT2D eigenvalue weighted by atomic mass is 10.2. The largest absolute Gasteiger partial charge is 0.506 e. The summed E-state index contributed by atoms with van der Waals surface area (Å²) in [5, 5.41) is 18.4. The fourth-order valence-corrected chi connectivity index (χ4v) is 3.82. The first-order chi connectivity index (χ1) is 14.5. The second-order valence-corrected chi connectivity index (χ2v) is 7.72. The third-order valence-corrected chi connectivity index (χ3v) is 5.65. The number of nitrogens with zero attached hydrogens (tertiary/aromatic N) is 3. The van der Waals surface area contributed by atoms with E-state index in [0.29, 0.717) is 41.2 Å². The van der Waals surface area contributed by atoms with Gasteiger partial charge in [0, 0.05) is 36.6 Å². The van der Waals surface area contributed by atoms with Gasteiger partial charge in [-0.05, 0) is 30.5 Å². The van der Waals surface area contributed by atoms with Crippen molar-refractivity contribution in [1.29, 1.82) is 0 Å². The average Bonchev–Trinajstić information content (AvgIpc) is 3.21. The van der Waals surface area contributed by atoms with E-state index in [-0.39, 0.29) is 5.75 Å². The number of carbonyl (C=O) groups is 1. The standard InChI is InChI=1S/C20H22N6O3S/c1-12-11-22-20(25-19(12)23-15-4-9-30-17(15)18(21)28)24-14-3-2-13(10-16(14)27)26-5-7-29-8-6-26/h2-4,9-11,27H,5-8H2,1H3,(H2,21,28)(H2,22,23,24,25). The second-order valence-electron chi connectivity index (χ2n) is 6.80. The van der Waals surface area contributed by atoms with Crippen molar-refractivity contribution in [1.82, 2.24) is 9.97 Å². The van der Waals surface area contributed by atoms with E-state index in [1.807, 2.05) is 13.0 Å². The molecule has 1 saturated heterocycles. The molecule has 1 aliphatic rings. The molecule has 3 aromatic rings. The van der Waals surface area contributed by atoms with Gasteiger partial charge in [-0.15, -0.1) is 11.3 Å². The Balaban J connectivity index is 1.53. The van der Waals surface area contributed by atoms with Crippen molar-refractivity contribution in [2.24, 2.45) is 5.73 Å². The number of thiophene rings is 1. The molecule has 0 saturated carbocycles. The number of nitrogens with two attached hydrogens (primary N) is 1. The molecular formula is C20H22N6O3S. The maximum atomic E-state index is 11.6. The maximum absolute atomic E-state index is 11.6. The van der Waals surface area contributed by atoms with E-state index in [4.69, 9.17) is 10.5 Å². The van der Waals surface area contributed by atoms with E-state index in [9.17, 15) is 9.90 Å². The molecule has 0 spiro atoms. The Morgan fingerprint density at radius 3 is 2.77 bits per heavy atom. The lowest BCUT2D eigenvalue weighted by molar-refractivity contribution is 0.100. The minimum absolute atomic E-state index is 0.103. The Kier molecular flexibility index (Phi) is 5.68. The highest BCUT2D eigenvalue weighted by Gasteiger charge is 2.15. The van der Waals surface area contributed by atoms with Crippen LogP contribution in [0.3, 0.4) is 0 Å². The maximum Gasteiger partial charge on any atom is 0.260 e. The summed E-state index contributed by atoms with van der Waals surface area (Å²) in [6.45, 7) is 4.79. The molecule has 0 bridgehead atoms. The molecule has 1 amide bonds. The minimum atomic E-state index is -0.497. The molecule has 5 N–H and O–H groups in total. The molecule has 1 fully saturated rings. The number of nitrogens with one attached hydrogen (secondary N) is 2. The normalized spacial score (nSPS) is 13.8. The second kappa shape index (κ2) is 8.56. The van der Waals surface area contributed by atoms with Gasteiger partial charge in [-0.1, -0.05) is 0 Å². The van der Waals surface area contributed by atoms with Crippen LogP contribution >= 0.6 is 11.3 Å². The van der Waals surface area contributed by atoms with Crippen LogP contribution in [-0.2, 0) is 4.74 Å². The number of rotatable bonds is 6. The number of hydrogen-bond donors (Lipinski definition) is 4. The summed E-state index contributed by atoms with van der Waals surface area (Å²) in [5.41, 5.74) is 8.24. The summed E-state index contributed by atoms with van der Waals surface area (Å²) in [6.07, 6.45) is 1.66. The topological polar surface area (TPSA) is 126 Å². The first kappa shape index (κ1) is 19.9. The van der Waals surface area contributed by atoms with Crippen molar-refractivity contribution in [2.75, 3.05) is 41.8 Å². The molecule has 1 aromatic carbocycles. The van der Waals surface area contributed by atoms with Crippen molar-refractivity contribution in [2.45, 2.75) is 6.92 Å². The summed E-state index contributed by atoms with van der Waals surface area (Å²) < 4.78 is 5.37. The molecule has 156 valence electrons. The number of ether oxygens (including phenoxy) is 1. The van der Waals surface area contributed by atoms with Crippen molar-refractivity contribution in [3.63, 3.8) is 0 Å². The first-order valence-corrected chi connectivity index (χ1v) is 10.3. The van der Waals surface area contributed by atoms with Gasteiger partial charge in [-0.3, -0.25) is 4.79 Å². The number of phenolic OH excluding ortho intramolecular Hbond substituents is 1. The van der Waals surface area contributed by atoms with E-state index >= 15 is 0 Å². The number of aryl methyl sites for hydroxylation is 1. The molecule has 1 aliphatic heterocycles. The summed E-state index contributed by atoms with van der Waals surface area (Å²) >= 11 is 1.26. The highest BCUT2D eigenvalue weighted by Crippen LogP contribution is 2.32. The van der Waals surface area contributed by atoms with E-state index < -0.39 is 5.91 Å². The predicted molar refractivity (Wildman–Crippen MR) is 117 cm³/mol. The third kappa shape index (κ3) is 4.29. The Morgan fingerprint density at radius 1 is 1.23 bits per heavy atom. The van der Waals surface area contributed by atoms with Gasteiger partial charge < -0.3 is 31.1 Å². The van der Waals surface area contributed by atoms with Crippen molar-refractivity contribution in [3.8, 4) is 5.75 Å². The highest BCUT2D eigenvalue weighted by molar-refractivity contribution is 7.12. The van der Waals surface area contributed by atoms with Crippen LogP contribution in [0.5, 0.6) is 5.75 Å². The van der Waals surface area contributed by atoms with Crippen LogP contribution in [0.1, 0.15) is 15.2 Å². The van der Waals surface area contributed by atoms with E-state index in [1.165, 1.54) is 11.3 Å². The van der Waals surface area contributed by atoms with Gasteiger partial charge in [-0.2, -0.15) is 4.98 Å². The van der Waals surface area contributed by atoms with Crippen LogP contribution in [0, 0.1) is 6.92 Å². The van der Waals surface area contributed by atoms with E-state index in [1.54, 1.807) is 29.8 Å². The number of amides is 1. The number of primary amides is 1. The van der Waals surface area contributed by atoms with Gasteiger partial charge in [0.2, 0.25) is 5.95 Å². The zero-order chi connectivity index (χ0) is 21.1. The summed E-state index contributed by atoms with van der Waals surface area (Å²) in [6, 6.07) is 7.22. The number of phenols is 1. The highest BCUT2D eigenvalue weighted by atomic mass is 32.1. The Bertz CT molecular complexity index is 1060. The number of aromatic nitrogens is 2. The van der Waals surface area contributed by atoms with Crippen LogP contribution < -0.4 is 21.3 Å². The van der Waals surface area contributed by atoms with Crippen molar-refractivity contribution in [3.05, 3.63) is 46.3 Å². The SMILES string of the molecule is Cc1cnc(Nc2ccc(N3CCOCC3)cc2O)nc1Nc1ccsc1C(N)=O. The fraction of sp³-hybridized carbons (Fsp3) is 0.250. The smallest absolute Gasteiger partial charge is 0.260 e. The lowest BCUT2D eigenvalue weighted by Crippen LogP contribution is -2.36. The van der Waals surface area contributed by atoms with Gasteiger partial charge >= 0.3 is 0 Å². The molecule has 0 aliphatic carbocycles. The fourth-order valence-electron chi connectivity index (χ4n) is 3.12. The van der Waals surface area contributed by atoms with E-state index in [2.05, 4.69) is 25.5 Å². The van der Waals surface area contributed by atoms with Gasteiger partial charge in [0.1, 0.15) is 16.4 Å². The monoisotopic (exact) mass is 426 g/mol. The van der Waals surface area contributed by atoms with Gasteiger partial charge in [0.05, 0.1) is 24.6 Å². The Hall–Kier alpha value is -3.37. The van der Waals surface area contributed by atoms with Gasteiger partial charge in [-0.25, -0.2) is 4.98 Å². The Labute approximate surface area is 177 Å². The quantitative estimate of drug-likeness (QED) is 0.443. The van der Waals surface area contributed by atoms with Crippen LogP contribution in [0.25, 0.3) is 0 Å². The van der Waals surface area contributed by atoms with Crippen molar-refractivity contribution < 1.29 is 14.6 Å². The number of carbonyl (C=O) groups excluding carboxylic acids is 1. The molecule has 0 atom stereocenters. The number of aromatic hydroxyl groups is 1. The molecule has 4 rings (SSSR count). The predicted octanol–water partition coefficient (Wildman–Crippen LogP) is 2.97. The van der Waals surface area contributed by atoms with Crippen LogP contribution in [0.4, 0.5) is 28.8 Å². The average molecular weight is 427 g/mol. The number of benzene rings is 1. The molecule has 0 radical (unpaired) electrons. The third-order valence-electron chi connectivity index (χ3n) is 4.72. The molecule has 30 heavy (non-hydrogen) atoms. The number of hydrogen-bond acceptors (Lipinski definition) is 9. The summed E-state index contributed by atoms with van der Waals surface area (Å²) in [7, 11) is 0. The lowest BCUT2D eigenvalue weighted by Gasteiger charge is -2.29. The van der Waals surface area contributed by atoms with Crippen molar-refractivity contribution >= 4 is 46.1 Å². The molecule has 0 unspecified atom stereocenters. The van der Waals surface area contributed by atoms with Crippen LogP contribution in [-0.4, -0.2) is 47.3 Å². The zero-order valence-electron chi connectivity index (χ0n) is 16.4. The first-order valence-electron chi connectivity index (χ1n) is 9.42.